The molecule has 2 fully saturated rings. The van der Waals surface area contributed by atoms with E-state index in [9.17, 15) is 19.1 Å². The number of hydrogen-bond donors (Lipinski definition) is 2. The van der Waals surface area contributed by atoms with Crippen LogP contribution in [0.5, 0.6) is 0 Å². The zero-order valence-electron chi connectivity index (χ0n) is 22.8. The smallest absolute Gasteiger partial charge is 0.249 e. The Labute approximate surface area is 225 Å². The molecule has 1 saturated heterocycles. The molecular weight excluding hydrogens is 505 g/mol. The Hall–Kier alpha value is -3.67. The lowest BCUT2D eigenvalue weighted by molar-refractivity contribution is -0.144. The van der Waals surface area contributed by atoms with E-state index in [2.05, 4.69) is 25.8 Å². The fourth-order valence-electron chi connectivity index (χ4n) is 5.01. The second-order valence-corrected chi connectivity index (χ2v) is 11.7. The number of halogens is 1. The van der Waals surface area contributed by atoms with Crippen molar-refractivity contribution in [1.82, 2.24) is 35.4 Å². The van der Waals surface area contributed by atoms with Crippen LogP contribution in [-0.2, 0) is 9.59 Å². The molecule has 5 rings (SSSR count). The highest BCUT2D eigenvalue weighted by atomic mass is 19.1. The Morgan fingerprint density at radius 3 is 2.67 bits per heavy atom. The molecule has 1 unspecified atom stereocenters. The molecule has 1 aliphatic carbocycles. The van der Waals surface area contributed by atoms with Crippen LogP contribution in [0.15, 0.2) is 28.9 Å². The second kappa shape index (κ2) is 10.1. The Bertz CT molecular complexity index is 1380. The van der Waals surface area contributed by atoms with Gasteiger partial charge in [-0.3, -0.25) is 9.59 Å². The van der Waals surface area contributed by atoms with Crippen molar-refractivity contribution >= 4 is 11.8 Å². The number of hydrogen-bond acceptors (Lipinski definition) is 8. The molecule has 1 saturated carbocycles. The maximum atomic E-state index is 13.9. The molecule has 3 aromatic rings. The molecule has 2 N–H and O–H groups in total. The predicted octanol–water partition coefficient (Wildman–Crippen LogP) is 3.08. The number of aliphatic hydroxyl groups is 1. The van der Waals surface area contributed by atoms with E-state index in [1.54, 1.807) is 30.7 Å². The lowest BCUT2D eigenvalue weighted by Gasteiger charge is -2.34. The summed E-state index contributed by atoms with van der Waals surface area (Å²) in [4.78, 5) is 33.1. The standard InChI is InChI=1S/C27H34FN7O4/c1-14-10-17(8-9-19(14)28)23-30-25(39-32-23)15(2)29-24(37)21-11-18(36)12-34(21)26(38)22(27(3,4)5)35-13-20(31-33-35)16-6-7-16/h8-10,13,15-16,18,21-22,36H,6-7,11-12H2,1-5H3,(H,29,37)/t15?,18-,21+,22-/m1/s1. The quantitative estimate of drug-likeness (QED) is 0.467. The van der Waals surface area contributed by atoms with Crippen molar-refractivity contribution in [1.29, 1.82) is 0 Å². The SMILES string of the molecule is Cc1cc(-c2noc(C(C)NC(=O)[C@@H]3C[C@@H](O)CN3C(=O)[C@@H](n3cc(C4CC4)nn3)C(C)(C)C)n2)ccc1F. The first-order valence-corrected chi connectivity index (χ1v) is 13.2. The lowest BCUT2D eigenvalue weighted by atomic mass is 9.85. The van der Waals surface area contributed by atoms with E-state index in [-0.39, 0.29) is 36.4 Å². The molecule has 2 aliphatic rings. The molecule has 4 atom stereocenters. The molecule has 0 radical (unpaired) electrons. The first-order chi connectivity index (χ1) is 18.4. The second-order valence-electron chi connectivity index (χ2n) is 11.7. The van der Waals surface area contributed by atoms with Gasteiger partial charge in [-0.25, -0.2) is 9.07 Å². The van der Waals surface area contributed by atoms with Crippen LogP contribution in [0.4, 0.5) is 4.39 Å². The van der Waals surface area contributed by atoms with Gasteiger partial charge >= 0.3 is 0 Å². The molecule has 11 nitrogen and oxygen atoms in total. The van der Waals surface area contributed by atoms with Gasteiger partial charge in [0.2, 0.25) is 23.5 Å². The number of aryl methyl sites for hydroxylation is 1. The molecule has 12 heteroatoms. The first kappa shape index (κ1) is 26.9. The maximum Gasteiger partial charge on any atom is 0.249 e. The van der Waals surface area contributed by atoms with E-state index >= 15 is 0 Å². The number of aromatic nitrogens is 5. The van der Waals surface area contributed by atoms with Crippen LogP contribution >= 0.6 is 0 Å². The summed E-state index contributed by atoms with van der Waals surface area (Å²) in [5.74, 6) is -0.240. The van der Waals surface area contributed by atoms with Crippen molar-refractivity contribution in [3.05, 3.63) is 47.4 Å². The highest BCUT2D eigenvalue weighted by molar-refractivity contribution is 5.90. The van der Waals surface area contributed by atoms with Gasteiger partial charge in [-0.15, -0.1) is 5.10 Å². The molecule has 1 aromatic carbocycles. The number of β-amino-alcohol motifs (C(OH)–C–C–N with tert-alkyl or cyclic N) is 1. The average Bonchev–Trinajstić information content (AvgIpc) is 3.25. The third-order valence-electron chi connectivity index (χ3n) is 7.29. The van der Waals surface area contributed by atoms with Crippen molar-refractivity contribution in [2.45, 2.75) is 84.0 Å². The Kier molecular flexibility index (Phi) is 7.00. The number of carbonyl (C=O) groups is 2. The van der Waals surface area contributed by atoms with Gasteiger partial charge in [0, 0.05) is 30.6 Å². The summed E-state index contributed by atoms with van der Waals surface area (Å²) < 4.78 is 20.6. The summed E-state index contributed by atoms with van der Waals surface area (Å²) in [6.45, 7) is 9.19. The molecule has 1 aliphatic heterocycles. The van der Waals surface area contributed by atoms with E-state index < -0.39 is 35.6 Å². The van der Waals surface area contributed by atoms with Crippen molar-refractivity contribution in [3.63, 3.8) is 0 Å². The topological polar surface area (TPSA) is 139 Å². The summed E-state index contributed by atoms with van der Waals surface area (Å²) in [6, 6.07) is 2.26. The average molecular weight is 540 g/mol. The summed E-state index contributed by atoms with van der Waals surface area (Å²) >= 11 is 0. The van der Waals surface area contributed by atoms with Crippen molar-refractivity contribution in [2.24, 2.45) is 5.41 Å². The van der Waals surface area contributed by atoms with Crippen LogP contribution < -0.4 is 5.32 Å². The minimum absolute atomic E-state index is 0.0384. The molecule has 2 amide bonds. The van der Waals surface area contributed by atoms with E-state index in [1.165, 1.54) is 11.0 Å². The largest absolute Gasteiger partial charge is 0.391 e. The number of amides is 2. The number of nitrogens with zero attached hydrogens (tertiary/aromatic N) is 6. The van der Waals surface area contributed by atoms with Crippen LogP contribution in [-0.4, -0.2) is 65.6 Å². The van der Waals surface area contributed by atoms with E-state index in [0.717, 1.165) is 18.5 Å². The lowest BCUT2D eigenvalue weighted by Crippen LogP contribution is -2.50. The number of likely N-dealkylation sites (tertiary alicyclic amines) is 1. The third kappa shape index (κ3) is 5.56. The van der Waals surface area contributed by atoms with Gasteiger partial charge in [-0.05, 0) is 55.9 Å². The van der Waals surface area contributed by atoms with Crippen molar-refractivity contribution < 1.29 is 23.6 Å². The van der Waals surface area contributed by atoms with Gasteiger partial charge in [-0.1, -0.05) is 31.1 Å². The first-order valence-electron chi connectivity index (χ1n) is 13.2. The predicted molar refractivity (Wildman–Crippen MR) is 138 cm³/mol. The fraction of sp³-hybridized carbons (Fsp3) is 0.556. The zero-order valence-corrected chi connectivity index (χ0v) is 22.8. The maximum absolute atomic E-state index is 13.9. The summed E-state index contributed by atoms with van der Waals surface area (Å²) in [5.41, 5.74) is 1.39. The fourth-order valence-corrected chi connectivity index (χ4v) is 5.01. The Morgan fingerprint density at radius 1 is 1.26 bits per heavy atom. The van der Waals surface area contributed by atoms with Gasteiger partial charge in [-0.2, -0.15) is 4.98 Å². The van der Waals surface area contributed by atoms with Crippen molar-refractivity contribution in [2.75, 3.05) is 6.54 Å². The highest BCUT2D eigenvalue weighted by Crippen LogP contribution is 2.40. The van der Waals surface area contributed by atoms with Crippen LogP contribution in [0, 0.1) is 18.2 Å². The molecule has 0 spiro atoms. The third-order valence-corrected chi connectivity index (χ3v) is 7.29. The number of nitrogens with one attached hydrogen (secondary N) is 1. The number of carbonyl (C=O) groups excluding carboxylic acids is 2. The van der Waals surface area contributed by atoms with Gasteiger partial charge < -0.3 is 19.8 Å². The molecule has 0 bridgehead atoms. The van der Waals surface area contributed by atoms with E-state index in [4.69, 9.17) is 4.52 Å². The normalized spacial score (nSPS) is 21.2. The number of benzene rings is 1. The van der Waals surface area contributed by atoms with Crippen LogP contribution in [0.2, 0.25) is 0 Å². The molecule has 39 heavy (non-hydrogen) atoms. The molecule has 2 aromatic heterocycles. The Morgan fingerprint density at radius 2 is 2.00 bits per heavy atom. The molecule has 208 valence electrons. The Balaban J connectivity index is 1.31. The highest BCUT2D eigenvalue weighted by Gasteiger charge is 2.45. The summed E-state index contributed by atoms with van der Waals surface area (Å²) in [5, 5.41) is 25.8. The van der Waals surface area contributed by atoms with E-state index in [0.29, 0.717) is 17.0 Å². The van der Waals surface area contributed by atoms with Gasteiger partial charge in [0.1, 0.15) is 23.9 Å². The van der Waals surface area contributed by atoms with Gasteiger partial charge in [0.25, 0.3) is 0 Å². The van der Waals surface area contributed by atoms with Crippen LogP contribution in [0.1, 0.15) is 82.1 Å². The van der Waals surface area contributed by atoms with Crippen LogP contribution in [0.25, 0.3) is 11.4 Å². The van der Waals surface area contributed by atoms with Crippen LogP contribution in [0.3, 0.4) is 0 Å². The van der Waals surface area contributed by atoms with Gasteiger partial charge in [0.15, 0.2) is 0 Å². The molecular formula is C27H34FN7O4. The number of aliphatic hydroxyl groups excluding tert-OH is 1. The number of rotatable bonds is 7. The minimum Gasteiger partial charge on any atom is -0.391 e. The zero-order chi connectivity index (χ0) is 28.1. The summed E-state index contributed by atoms with van der Waals surface area (Å²) in [7, 11) is 0. The van der Waals surface area contributed by atoms with Gasteiger partial charge in [0.05, 0.1) is 11.8 Å². The summed E-state index contributed by atoms with van der Waals surface area (Å²) in [6.07, 6.45) is 3.23. The minimum atomic E-state index is -0.881. The van der Waals surface area contributed by atoms with Crippen molar-refractivity contribution in [3.8, 4) is 11.4 Å². The molecule has 3 heterocycles. The monoisotopic (exact) mass is 539 g/mol. The van der Waals surface area contributed by atoms with E-state index in [1.807, 2.05) is 27.0 Å².